The van der Waals surface area contributed by atoms with Gasteiger partial charge in [-0.05, 0) is 24.3 Å². The predicted molar refractivity (Wildman–Crippen MR) is 122 cm³/mol. The maximum atomic E-state index is 13.3. The van der Waals surface area contributed by atoms with Gasteiger partial charge in [0.1, 0.15) is 17.1 Å². The van der Waals surface area contributed by atoms with E-state index in [2.05, 4.69) is 15.3 Å². The van der Waals surface area contributed by atoms with Gasteiger partial charge in [-0.1, -0.05) is 30.3 Å². The molecule has 1 aliphatic heterocycles. The van der Waals surface area contributed by atoms with E-state index in [1.54, 1.807) is 31.4 Å². The van der Waals surface area contributed by atoms with Gasteiger partial charge in [0, 0.05) is 23.1 Å². The minimum absolute atomic E-state index is 0.0755. The van der Waals surface area contributed by atoms with E-state index in [1.165, 1.54) is 15.9 Å². The smallest absolute Gasteiger partial charge is 0.276 e. The largest absolute Gasteiger partial charge is 0.497 e. The van der Waals surface area contributed by atoms with E-state index in [0.29, 0.717) is 22.1 Å². The number of ether oxygens (including phenoxy) is 1. The fraction of sp³-hybridized carbons (Fsp3) is 0.136. The van der Waals surface area contributed by atoms with Crippen molar-refractivity contribution in [2.45, 2.75) is 11.7 Å². The lowest BCUT2D eigenvalue weighted by molar-refractivity contribution is 0.101. The third kappa shape index (κ3) is 3.57. The van der Waals surface area contributed by atoms with Crippen LogP contribution in [0.25, 0.3) is 22.5 Å². The first kappa shape index (κ1) is 20.4. The number of amides is 1. The van der Waals surface area contributed by atoms with Gasteiger partial charge in [-0.25, -0.2) is 18.4 Å². The van der Waals surface area contributed by atoms with Gasteiger partial charge in [-0.3, -0.25) is 10.1 Å². The lowest BCUT2D eigenvalue weighted by Crippen LogP contribution is -2.17. The Morgan fingerprint density at radius 1 is 1.06 bits per heavy atom. The molecule has 8 nitrogen and oxygen atoms in total. The lowest BCUT2D eigenvalue weighted by Gasteiger charge is -2.08. The van der Waals surface area contributed by atoms with Gasteiger partial charge >= 0.3 is 0 Å². The number of imidazole rings is 1. The molecule has 0 atom stereocenters. The van der Waals surface area contributed by atoms with E-state index >= 15 is 0 Å². The van der Waals surface area contributed by atoms with E-state index in [0.717, 1.165) is 11.3 Å². The van der Waals surface area contributed by atoms with Crippen molar-refractivity contribution in [3.8, 4) is 28.3 Å². The Bertz CT molecular complexity index is 1410. The summed E-state index contributed by atoms with van der Waals surface area (Å²) in [6.45, 7) is 0.177. The molecular weight excluding hydrogens is 448 g/mol. The Morgan fingerprint density at radius 3 is 2.53 bits per heavy atom. The van der Waals surface area contributed by atoms with Crippen LogP contribution in [0.2, 0.25) is 0 Å². The highest BCUT2D eigenvalue weighted by atomic mass is 32.2. The Kier molecular flexibility index (Phi) is 5.03. The molecule has 0 saturated heterocycles. The SMILES string of the molecule is COc1ccc(-c2nc3n(c2C(=O)Nc2nc(-c4ccccc4)cs2)CCS3(=O)=O)cc1. The van der Waals surface area contributed by atoms with Crippen molar-refractivity contribution in [1.82, 2.24) is 14.5 Å². The molecule has 2 aromatic heterocycles. The van der Waals surface area contributed by atoms with Crippen molar-refractivity contribution in [2.75, 3.05) is 18.2 Å². The second-order valence-corrected chi connectivity index (χ2v) is 10.0. The van der Waals surface area contributed by atoms with Crippen LogP contribution >= 0.6 is 11.3 Å². The van der Waals surface area contributed by atoms with Gasteiger partial charge in [-0.2, -0.15) is 0 Å². The maximum absolute atomic E-state index is 13.3. The zero-order valence-electron chi connectivity index (χ0n) is 17.0. The molecule has 4 aromatic rings. The third-order valence-corrected chi connectivity index (χ3v) is 7.51. The molecule has 10 heteroatoms. The maximum Gasteiger partial charge on any atom is 0.276 e. The first-order chi connectivity index (χ1) is 15.5. The average molecular weight is 467 g/mol. The number of methoxy groups -OCH3 is 1. The summed E-state index contributed by atoms with van der Waals surface area (Å²) in [6.07, 6.45) is 0. The lowest BCUT2D eigenvalue weighted by atomic mass is 10.1. The first-order valence-electron chi connectivity index (χ1n) is 9.76. The minimum atomic E-state index is -3.53. The van der Waals surface area contributed by atoms with Crippen LogP contribution in [-0.4, -0.2) is 41.7 Å². The molecule has 0 aliphatic carbocycles. The van der Waals surface area contributed by atoms with Crippen LogP contribution in [0.5, 0.6) is 5.75 Å². The second kappa shape index (κ2) is 7.88. The molecule has 0 unspecified atom stereocenters. The second-order valence-electron chi connectivity index (χ2n) is 7.15. The van der Waals surface area contributed by atoms with Crippen molar-refractivity contribution in [2.24, 2.45) is 0 Å². The van der Waals surface area contributed by atoms with E-state index in [9.17, 15) is 13.2 Å². The number of anilines is 1. The quantitative estimate of drug-likeness (QED) is 0.481. The van der Waals surface area contributed by atoms with Crippen molar-refractivity contribution < 1.29 is 17.9 Å². The minimum Gasteiger partial charge on any atom is -0.497 e. The molecule has 5 rings (SSSR count). The summed E-state index contributed by atoms with van der Waals surface area (Å²) >= 11 is 1.30. The average Bonchev–Trinajstić information content (AvgIpc) is 3.50. The molecule has 3 heterocycles. The summed E-state index contributed by atoms with van der Waals surface area (Å²) in [7, 11) is -1.97. The molecule has 2 aromatic carbocycles. The molecule has 0 bridgehead atoms. The van der Waals surface area contributed by atoms with Gasteiger partial charge in [-0.15, -0.1) is 11.3 Å². The van der Waals surface area contributed by atoms with Crippen LogP contribution in [0.15, 0.2) is 65.1 Å². The summed E-state index contributed by atoms with van der Waals surface area (Å²) in [4.78, 5) is 22.1. The number of carbonyl (C=O) groups excluding carboxylic acids is 1. The predicted octanol–water partition coefficient (Wildman–Crippen LogP) is 3.72. The van der Waals surface area contributed by atoms with Crippen LogP contribution in [0, 0.1) is 0 Å². The zero-order valence-corrected chi connectivity index (χ0v) is 18.6. The van der Waals surface area contributed by atoms with Gasteiger partial charge in [0.15, 0.2) is 5.13 Å². The van der Waals surface area contributed by atoms with Gasteiger partial charge in [0.25, 0.3) is 5.91 Å². The fourth-order valence-corrected chi connectivity index (χ4v) is 5.66. The Balaban J connectivity index is 1.52. The Morgan fingerprint density at radius 2 is 1.81 bits per heavy atom. The Labute approximate surface area is 188 Å². The van der Waals surface area contributed by atoms with E-state index < -0.39 is 15.7 Å². The standard InChI is InChI=1S/C22H18N4O4S2/c1-30-16-9-7-15(8-10-16)18-19(26-11-12-32(28,29)22(26)24-18)20(27)25-21-23-17(13-31-21)14-5-3-2-4-6-14/h2-10,13H,11-12H2,1H3,(H,23,25,27). The molecule has 1 amide bonds. The number of nitrogens with zero attached hydrogens (tertiary/aromatic N) is 3. The summed E-state index contributed by atoms with van der Waals surface area (Å²) < 4.78 is 31.5. The van der Waals surface area contributed by atoms with Crippen molar-refractivity contribution in [3.63, 3.8) is 0 Å². The van der Waals surface area contributed by atoms with Crippen molar-refractivity contribution in [3.05, 3.63) is 65.7 Å². The first-order valence-corrected chi connectivity index (χ1v) is 12.3. The Hall–Kier alpha value is -3.50. The van der Waals surface area contributed by atoms with E-state index in [4.69, 9.17) is 4.74 Å². The highest BCUT2D eigenvalue weighted by Crippen LogP contribution is 2.32. The van der Waals surface area contributed by atoms with E-state index in [-0.39, 0.29) is 23.1 Å². The van der Waals surface area contributed by atoms with Crippen molar-refractivity contribution >= 4 is 32.2 Å². The zero-order chi connectivity index (χ0) is 22.3. The third-order valence-electron chi connectivity index (χ3n) is 5.17. The number of aromatic nitrogens is 3. The number of carbonyl (C=O) groups is 1. The summed E-state index contributed by atoms with van der Waals surface area (Å²) in [6, 6.07) is 16.6. The normalized spacial score (nSPS) is 14.2. The van der Waals surface area contributed by atoms with Gasteiger partial charge < -0.3 is 9.30 Å². The summed E-state index contributed by atoms with van der Waals surface area (Å²) in [5.74, 6) is 0.115. The summed E-state index contributed by atoms with van der Waals surface area (Å²) in [5, 5.41) is 5.01. The fourth-order valence-electron chi connectivity index (χ4n) is 3.59. The number of nitrogens with one attached hydrogen (secondary N) is 1. The van der Waals surface area contributed by atoms with E-state index in [1.807, 2.05) is 35.7 Å². The van der Waals surface area contributed by atoms with Gasteiger partial charge in [0.2, 0.25) is 15.0 Å². The number of thiazole rings is 1. The molecule has 0 radical (unpaired) electrons. The van der Waals surface area contributed by atoms with Gasteiger partial charge in [0.05, 0.1) is 18.6 Å². The van der Waals surface area contributed by atoms with Crippen LogP contribution in [-0.2, 0) is 16.4 Å². The van der Waals surface area contributed by atoms with Crippen LogP contribution in [0.1, 0.15) is 10.5 Å². The van der Waals surface area contributed by atoms with Crippen molar-refractivity contribution in [1.29, 1.82) is 0 Å². The number of benzene rings is 2. The number of hydrogen-bond acceptors (Lipinski definition) is 7. The monoisotopic (exact) mass is 466 g/mol. The van der Waals surface area contributed by atoms with Crippen LogP contribution in [0.4, 0.5) is 5.13 Å². The van der Waals surface area contributed by atoms with Crippen LogP contribution in [0.3, 0.4) is 0 Å². The number of sulfone groups is 1. The molecular formula is C22H18N4O4S2. The number of fused-ring (bicyclic) bond motifs is 1. The molecule has 162 valence electrons. The molecule has 32 heavy (non-hydrogen) atoms. The molecule has 1 N–H and O–H groups in total. The van der Waals surface area contributed by atoms with Crippen LogP contribution < -0.4 is 10.1 Å². The highest BCUT2D eigenvalue weighted by Gasteiger charge is 2.35. The molecule has 1 aliphatic rings. The number of hydrogen-bond donors (Lipinski definition) is 1. The molecule has 0 fully saturated rings. The highest BCUT2D eigenvalue weighted by molar-refractivity contribution is 7.91. The topological polar surface area (TPSA) is 103 Å². The molecule has 0 saturated carbocycles. The molecule has 0 spiro atoms. The summed E-state index contributed by atoms with van der Waals surface area (Å²) in [5.41, 5.74) is 2.82. The number of rotatable bonds is 5.